The molecule has 0 aliphatic rings. The van der Waals surface area contributed by atoms with Crippen LogP contribution in [0, 0.1) is 13.8 Å². The van der Waals surface area contributed by atoms with Crippen LogP contribution in [0.2, 0.25) is 0 Å². The highest BCUT2D eigenvalue weighted by molar-refractivity contribution is 6.05. The number of hydrogen-bond acceptors (Lipinski definition) is 3. The molecule has 0 atom stereocenters. The number of aryl methyl sites for hydroxylation is 2. The molecule has 5 heteroatoms. The highest BCUT2D eigenvalue weighted by Crippen LogP contribution is 2.19. The van der Waals surface area contributed by atoms with Crippen LogP contribution in [0.5, 0.6) is 0 Å². The maximum absolute atomic E-state index is 12.1. The smallest absolute Gasteiger partial charge is 0.251 e. The Morgan fingerprint density at radius 2 is 1.62 bits per heavy atom. The normalized spacial score (nSPS) is 10.2. The van der Waals surface area contributed by atoms with E-state index in [0.29, 0.717) is 16.8 Å². The van der Waals surface area contributed by atoms with E-state index in [9.17, 15) is 14.4 Å². The molecule has 0 aliphatic heterocycles. The number of ketones is 1. The van der Waals surface area contributed by atoms with Gasteiger partial charge in [-0.05, 0) is 25.5 Å². The number of anilines is 1. The predicted octanol–water partition coefficient (Wildman–Crippen LogP) is 3.00. The van der Waals surface area contributed by atoms with Gasteiger partial charge in [0.1, 0.15) is 0 Å². The molecule has 2 aromatic rings. The molecule has 24 heavy (non-hydrogen) atoms. The standard InChI is InChI=1S/C19H20N2O3/c1-12-6-8-14(9-7-12)16(22)10-11-17(23)21-15-5-3-4-13(2)18(15)19(20)24/h3-9H,10-11H2,1-2H3,(H2,20,24)(H,21,23). The third kappa shape index (κ3) is 4.29. The zero-order valence-corrected chi connectivity index (χ0v) is 13.8. The number of hydrogen-bond donors (Lipinski definition) is 2. The van der Waals surface area contributed by atoms with Crippen LogP contribution in [0.4, 0.5) is 5.69 Å². The van der Waals surface area contributed by atoms with Crippen molar-refractivity contribution in [1.29, 1.82) is 0 Å². The molecule has 0 unspecified atom stereocenters. The van der Waals surface area contributed by atoms with Gasteiger partial charge >= 0.3 is 0 Å². The number of carbonyl (C=O) groups is 3. The van der Waals surface area contributed by atoms with Crippen LogP contribution in [-0.4, -0.2) is 17.6 Å². The molecule has 124 valence electrons. The second kappa shape index (κ2) is 7.55. The molecule has 0 radical (unpaired) electrons. The molecule has 0 saturated carbocycles. The van der Waals surface area contributed by atoms with E-state index in [-0.39, 0.29) is 30.1 Å². The third-order valence-electron chi connectivity index (χ3n) is 3.75. The first-order valence-electron chi connectivity index (χ1n) is 7.67. The van der Waals surface area contributed by atoms with Crippen molar-refractivity contribution in [2.75, 3.05) is 5.32 Å². The lowest BCUT2D eigenvalue weighted by Gasteiger charge is -2.11. The van der Waals surface area contributed by atoms with E-state index in [1.54, 1.807) is 37.3 Å². The van der Waals surface area contributed by atoms with Crippen molar-refractivity contribution in [3.05, 3.63) is 64.7 Å². The first-order valence-corrected chi connectivity index (χ1v) is 7.67. The summed E-state index contributed by atoms with van der Waals surface area (Å²) in [6, 6.07) is 12.3. The Kier molecular flexibility index (Phi) is 5.47. The van der Waals surface area contributed by atoms with E-state index < -0.39 is 5.91 Å². The molecule has 2 amide bonds. The predicted molar refractivity (Wildman–Crippen MR) is 93.1 cm³/mol. The summed E-state index contributed by atoms with van der Waals surface area (Å²) in [6.07, 6.45) is 0.144. The summed E-state index contributed by atoms with van der Waals surface area (Å²) in [7, 11) is 0. The molecule has 0 heterocycles. The molecule has 2 aromatic carbocycles. The van der Waals surface area contributed by atoms with Gasteiger partial charge in [0.25, 0.3) is 5.91 Å². The van der Waals surface area contributed by atoms with Crippen LogP contribution in [0.3, 0.4) is 0 Å². The molecule has 0 aliphatic carbocycles. The van der Waals surface area contributed by atoms with Gasteiger partial charge < -0.3 is 11.1 Å². The Bertz CT molecular complexity index is 780. The average Bonchev–Trinajstić information content (AvgIpc) is 2.53. The van der Waals surface area contributed by atoms with Crippen LogP contribution in [0.15, 0.2) is 42.5 Å². The van der Waals surface area contributed by atoms with E-state index >= 15 is 0 Å². The number of primary amides is 1. The van der Waals surface area contributed by atoms with Crippen LogP contribution in [-0.2, 0) is 4.79 Å². The van der Waals surface area contributed by atoms with Crippen LogP contribution >= 0.6 is 0 Å². The van der Waals surface area contributed by atoms with E-state index in [4.69, 9.17) is 5.73 Å². The minimum Gasteiger partial charge on any atom is -0.366 e. The molecule has 2 rings (SSSR count). The molecule has 3 N–H and O–H groups in total. The van der Waals surface area contributed by atoms with E-state index in [1.807, 2.05) is 19.1 Å². The Hall–Kier alpha value is -2.95. The molecule has 0 bridgehead atoms. The number of Topliss-reactive ketones (excluding diaryl/α,β-unsaturated/α-hetero) is 1. The van der Waals surface area contributed by atoms with Gasteiger partial charge in [-0.25, -0.2) is 0 Å². The van der Waals surface area contributed by atoms with E-state index in [0.717, 1.165) is 5.56 Å². The molecular formula is C19H20N2O3. The Morgan fingerprint density at radius 3 is 2.25 bits per heavy atom. The van der Waals surface area contributed by atoms with Gasteiger partial charge in [-0.15, -0.1) is 0 Å². The molecular weight excluding hydrogens is 304 g/mol. The first kappa shape index (κ1) is 17.4. The fourth-order valence-electron chi connectivity index (χ4n) is 2.42. The lowest BCUT2D eigenvalue weighted by molar-refractivity contribution is -0.116. The number of carbonyl (C=O) groups excluding carboxylic acids is 3. The quantitative estimate of drug-likeness (QED) is 0.800. The Morgan fingerprint density at radius 1 is 0.958 bits per heavy atom. The van der Waals surface area contributed by atoms with Gasteiger partial charge in [-0.2, -0.15) is 0 Å². The number of amides is 2. The molecule has 0 fully saturated rings. The second-order valence-electron chi connectivity index (χ2n) is 5.70. The molecule has 0 spiro atoms. The lowest BCUT2D eigenvalue weighted by atomic mass is 10.0. The van der Waals surface area contributed by atoms with Gasteiger partial charge in [0, 0.05) is 18.4 Å². The van der Waals surface area contributed by atoms with Crippen molar-refractivity contribution in [3.63, 3.8) is 0 Å². The minimum atomic E-state index is -0.598. The third-order valence-corrected chi connectivity index (χ3v) is 3.75. The fourth-order valence-corrected chi connectivity index (χ4v) is 2.42. The fraction of sp³-hybridized carbons (Fsp3) is 0.211. The zero-order valence-electron chi connectivity index (χ0n) is 13.8. The van der Waals surface area contributed by atoms with E-state index in [1.165, 1.54) is 0 Å². The summed E-state index contributed by atoms with van der Waals surface area (Å²) < 4.78 is 0. The second-order valence-corrected chi connectivity index (χ2v) is 5.70. The number of rotatable bonds is 6. The summed E-state index contributed by atoms with van der Waals surface area (Å²) in [4.78, 5) is 35.7. The Balaban J connectivity index is 1.99. The number of nitrogens with two attached hydrogens (primary N) is 1. The summed E-state index contributed by atoms with van der Waals surface area (Å²) in [5, 5.41) is 2.66. The van der Waals surface area contributed by atoms with Crippen LogP contribution < -0.4 is 11.1 Å². The Labute approximate surface area is 140 Å². The van der Waals surface area contributed by atoms with E-state index in [2.05, 4.69) is 5.32 Å². The summed E-state index contributed by atoms with van der Waals surface area (Å²) >= 11 is 0. The first-order chi connectivity index (χ1) is 11.4. The zero-order chi connectivity index (χ0) is 17.7. The highest BCUT2D eigenvalue weighted by Gasteiger charge is 2.14. The average molecular weight is 324 g/mol. The number of benzene rings is 2. The molecule has 0 saturated heterocycles. The monoisotopic (exact) mass is 324 g/mol. The van der Waals surface area contributed by atoms with Crippen molar-refractivity contribution >= 4 is 23.3 Å². The van der Waals surface area contributed by atoms with Gasteiger partial charge in [0.2, 0.25) is 5.91 Å². The summed E-state index contributed by atoms with van der Waals surface area (Å²) in [6.45, 7) is 3.69. The van der Waals surface area contributed by atoms with Crippen molar-refractivity contribution < 1.29 is 14.4 Å². The SMILES string of the molecule is Cc1ccc(C(=O)CCC(=O)Nc2cccc(C)c2C(N)=O)cc1. The molecule has 0 aromatic heterocycles. The topological polar surface area (TPSA) is 89.3 Å². The summed E-state index contributed by atoms with van der Waals surface area (Å²) in [5.74, 6) is -1.02. The van der Waals surface area contributed by atoms with Gasteiger partial charge in [-0.3, -0.25) is 14.4 Å². The summed E-state index contributed by atoms with van der Waals surface area (Å²) in [5.41, 5.74) is 8.36. The van der Waals surface area contributed by atoms with Gasteiger partial charge in [0.05, 0.1) is 11.3 Å². The van der Waals surface area contributed by atoms with Crippen LogP contribution in [0.25, 0.3) is 0 Å². The largest absolute Gasteiger partial charge is 0.366 e. The van der Waals surface area contributed by atoms with Gasteiger partial charge in [0.15, 0.2) is 5.78 Å². The van der Waals surface area contributed by atoms with Gasteiger partial charge in [-0.1, -0.05) is 42.0 Å². The van der Waals surface area contributed by atoms with Crippen LogP contribution in [0.1, 0.15) is 44.7 Å². The molecule has 5 nitrogen and oxygen atoms in total. The van der Waals surface area contributed by atoms with Crippen molar-refractivity contribution in [3.8, 4) is 0 Å². The maximum atomic E-state index is 12.1. The van der Waals surface area contributed by atoms with Crippen molar-refractivity contribution in [2.24, 2.45) is 5.73 Å². The maximum Gasteiger partial charge on any atom is 0.251 e. The van der Waals surface area contributed by atoms with Crippen molar-refractivity contribution in [1.82, 2.24) is 0 Å². The van der Waals surface area contributed by atoms with Crippen molar-refractivity contribution in [2.45, 2.75) is 26.7 Å². The minimum absolute atomic E-state index is 0.0405. The number of nitrogens with one attached hydrogen (secondary N) is 1. The highest BCUT2D eigenvalue weighted by atomic mass is 16.2. The lowest BCUT2D eigenvalue weighted by Crippen LogP contribution is -2.19.